The lowest BCUT2D eigenvalue weighted by Gasteiger charge is -2.09. The molecule has 0 fully saturated rings. The molecule has 5 nitrogen and oxygen atoms in total. The van der Waals surface area contributed by atoms with Crippen LogP contribution in [0.25, 0.3) is 0 Å². The van der Waals surface area contributed by atoms with E-state index >= 15 is 0 Å². The fraction of sp³-hybridized carbons (Fsp3) is 0.250. The number of thiazole rings is 1. The highest BCUT2D eigenvalue weighted by molar-refractivity contribution is 7.89. The van der Waals surface area contributed by atoms with E-state index in [0.29, 0.717) is 0 Å². The maximum Gasteiger partial charge on any atom is 0.243 e. The fourth-order valence-corrected chi connectivity index (χ4v) is 3.68. The van der Waals surface area contributed by atoms with Crippen molar-refractivity contribution in [3.63, 3.8) is 0 Å². The molecule has 1 aromatic heterocycles. The zero-order valence-electron chi connectivity index (χ0n) is 11.0. The second-order valence-corrected chi connectivity index (χ2v) is 7.01. The quantitative estimate of drug-likeness (QED) is 0.845. The number of nitrogen functional groups attached to an aromatic ring is 1. The molecule has 0 aliphatic heterocycles. The Bertz CT molecular complexity index is 741. The Balaban J connectivity index is 2.29. The van der Waals surface area contributed by atoms with Crippen LogP contribution < -0.4 is 10.5 Å². The number of sulfonamides is 1. The van der Waals surface area contributed by atoms with Crippen molar-refractivity contribution in [3.8, 4) is 0 Å². The van der Waals surface area contributed by atoms with Gasteiger partial charge in [0, 0.05) is 17.1 Å². The lowest BCUT2D eigenvalue weighted by Crippen LogP contribution is -2.24. The summed E-state index contributed by atoms with van der Waals surface area (Å²) in [5, 5.41) is 0. The zero-order valence-corrected chi connectivity index (χ0v) is 12.6. The third-order valence-electron chi connectivity index (χ3n) is 2.80. The van der Waals surface area contributed by atoms with Crippen molar-refractivity contribution in [3.05, 3.63) is 39.6 Å². The van der Waals surface area contributed by atoms with Crippen LogP contribution in [0, 0.1) is 19.7 Å². The molecule has 0 atom stereocenters. The number of benzene rings is 1. The summed E-state index contributed by atoms with van der Waals surface area (Å²) in [5.74, 6) is -0.785. The van der Waals surface area contributed by atoms with Crippen molar-refractivity contribution in [1.82, 2.24) is 9.71 Å². The van der Waals surface area contributed by atoms with Crippen LogP contribution in [0.2, 0.25) is 0 Å². The van der Waals surface area contributed by atoms with Gasteiger partial charge in [0.1, 0.15) is 10.7 Å². The Morgan fingerprint density at radius 3 is 2.70 bits per heavy atom. The summed E-state index contributed by atoms with van der Waals surface area (Å²) in [6.45, 7) is 3.33. The zero-order chi connectivity index (χ0) is 14.9. The van der Waals surface area contributed by atoms with E-state index in [4.69, 9.17) is 5.73 Å². The van der Waals surface area contributed by atoms with Crippen molar-refractivity contribution in [2.45, 2.75) is 25.3 Å². The van der Waals surface area contributed by atoms with Gasteiger partial charge in [-0.05, 0) is 31.5 Å². The summed E-state index contributed by atoms with van der Waals surface area (Å²) in [7, 11) is -3.95. The highest BCUT2D eigenvalue weighted by atomic mass is 32.2. The molecule has 8 heteroatoms. The normalized spacial score (nSPS) is 11.8. The van der Waals surface area contributed by atoms with Crippen molar-refractivity contribution >= 4 is 27.0 Å². The first kappa shape index (κ1) is 14.9. The van der Waals surface area contributed by atoms with Crippen LogP contribution >= 0.6 is 11.3 Å². The van der Waals surface area contributed by atoms with E-state index in [1.54, 1.807) is 12.4 Å². The van der Waals surface area contributed by atoms with E-state index in [-0.39, 0.29) is 17.8 Å². The maximum atomic E-state index is 13.9. The Hall–Kier alpha value is -1.51. The molecule has 0 aliphatic carbocycles. The third kappa shape index (κ3) is 2.97. The molecule has 0 unspecified atom stereocenters. The minimum absolute atomic E-state index is 0.0755. The smallest absolute Gasteiger partial charge is 0.243 e. The third-order valence-corrected chi connectivity index (χ3v) is 5.14. The fourth-order valence-electron chi connectivity index (χ4n) is 1.69. The molecular weight excluding hydrogens is 301 g/mol. The molecule has 0 bridgehead atoms. The van der Waals surface area contributed by atoms with Gasteiger partial charge in [-0.1, -0.05) is 0 Å². The average molecular weight is 315 g/mol. The SMILES string of the molecule is Cc1cc(N)cc(S(=O)(=O)NCc2scnc2C)c1F. The van der Waals surface area contributed by atoms with Crippen molar-refractivity contribution < 1.29 is 12.8 Å². The van der Waals surface area contributed by atoms with Gasteiger partial charge >= 0.3 is 0 Å². The minimum atomic E-state index is -3.95. The van der Waals surface area contributed by atoms with Crippen LogP contribution in [0.1, 0.15) is 16.1 Å². The number of halogens is 1. The number of nitrogens with two attached hydrogens (primary N) is 1. The van der Waals surface area contributed by atoms with Crippen LogP contribution in [0.15, 0.2) is 22.5 Å². The molecule has 0 saturated heterocycles. The highest BCUT2D eigenvalue weighted by Gasteiger charge is 2.21. The summed E-state index contributed by atoms with van der Waals surface area (Å²) in [5.41, 5.74) is 8.35. The Morgan fingerprint density at radius 2 is 2.10 bits per heavy atom. The first-order chi connectivity index (χ1) is 9.31. The number of anilines is 1. The van der Waals surface area contributed by atoms with Crippen molar-refractivity contribution in [2.75, 3.05) is 5.73 Å². The summed E-state index contributed by atoms with van der Waals surface area (Å²) < 4.78 is 40.6. The summed E-state index contributed by atoms with van der Waals surface area (Å²) >= 11 is 1.34. The summed E-state index contributed by atoms with van der Waals surface area (Å²) in [6, 6.07) is 2.51. The molecule has 108 valence electrons. The second kappa shape index (κ2) is 5.47. The van der Waals surface area contributed by atoms with Gasteiger partial charge in [-0.25, -0.2) is 22.5 Å². The topological polar surface area (TPSA) is 85.1 Å². The Morgan fingerprint density at radius 1 is 1.40 bits per heavy atom. The van der Waals surface area contributed by atoms with Gasteiger partial charge in [-0.2, -0.15) is 0 Å². The van der Waals surface area contributed by atoms with Crippen LogP contribution in [0.3, 0.4) is 0 Å². The molecule has 1 heterocycles. The first-order valence-electron chi connectivity index (χ1n) is 5.75. The molecule has 0 spiro atoms. The second-order valence-electron chi connectivity index (χ2n) is 4.34. The minimum Gasteiger partial charge on any atom is -0.399 e. The monoisotopic (exact) mass is 315 g/mol. The molecule has 2 rings (SSSR count). The standard InChI is InChI=1S/C12H14FN3O2S2/c1-7-3-9(14)4-11(12(7)13)20(17,18)16-5-10-8(2)15-6-19-10/h3-4,6,16H,5,14H2,1-2H3. The molecule has 0 aliphatic rings. The predicted octanol–water partition coefficient (Wildman–Crippen LogP) is 1.96. The predicted molar refractivity (Wildman–Crippen MR) is 76.4 cm³/mol. The maximum absolute atomic E-state index is 13.9. The molecule has 20 heavy (non-hydrogen) atoms. The van der Waals surface area contributed by atoms with Crippen LogP contribution in [-0.4, -0.2) is 13.4 Å². The Labute approximate surface area is 120 Å². The number of aryl methyl sites for hydroxylation is 2. The number of aromatic nitrogens is 1. The van der Waals surface area contributed by atoms with Crippen LogP contribution in [0.4, 0.5) is 10.1 Å². The number of nitrogens with zero attached hydrogens (tertiary/aromatic N) is 1. The molecule has 0 radical (unpaired) electrons. The van der Waals surface area contributed by atoms with Gasteiger partial charge in [0.2, 0.25) is 10.0 Å². The van der Waals surface area contributed by atoms with Crippen molar-refractivity contribution in [1.29, 1.82) is 0 Å². The van der Waals surface area contributed by atoms with Gasteiger partial charge < -0.3 is 5.73 Å². The molecule has 1 aromatic carbocycles. The van der Waals surface area contributed by atoms with E-state index < -0.39 is 20.7 Å². The first-order valence-corrected chi connectivity index (χ1v) is 8.12. The van der Waals surface area contributed by atoms with E-state index in [1.165, 1.54) is 24.3 Å². The number of hydrogen-bond donors (Lipinski definition) is 2. The average Bonchev–Trinajstić information content (AvgIpc) is 2.77. The highest BCUT2D eigenvalue weighted by Crippen LogP contribution is 2.22. The Kier molecular flexibility index (Phi) is 4.07. The number of rotatable bonds is 4. The summed E-state index contributed by atoms with van der Waals surface area (Å²) in [6.07, 6.45) is 0. The molecular formula is C12H14FN3O2S2. The van der Waals surface area contributed by atoms with E-state index in [0.717, 1.165) is 16.6 Å². The molecule has 0 saturated carbocycles. The molecule has 2 aromatic rings. The number of nitrogens with one attached hydrogen (secondary N) is 1. The van der Waals surface area contributed by atoms with Crippen LogP contribution in [0.5, 0.6) is 0 Å². The molecule has 3 N–H and O–H groups in total. The van der Waals surface area contributed by atoms with E-state index in [1.807, 2.05) is 0 Å². The van der Waals surface area contributed by atoms with E-state index in [2.05, 4.69) is 9.71 Å². The van der Waals surface area contributed by atoms with Gasteiger partial charge in [-0.3, -0.25) is 0 Å². The van der Waals surface area contributed by atoms with Gasteiger partial charge in [0.25, 0.3) is 0 Å². The van der Waals surface area contributed by atoms with Gasteiger partial charge in [-0.15, -0.1) is 11.3 Å². The largest absolute Gasteiger partial charge is 0.399 e. The van der Waals surface area contributed by atoms with Crippen LogP contribution in [-0.2, 0) is 16.6 Å². The molecule has 0 amide bonds. The number of hydrogen-bond acceptors (Lipinski definition) is 5. The van der Waals surface area contributed by atoms with Gasteiger partial charge in [0.05, 0.1) is 11.2 Å². The lowest BCUT2D eigenvalue weighted by molar-refractivity contribution is 0.553. The van der Waals surface area contributed by atoms with Gasteiger partial charge in [0.15, 0.2) is 0 Å². The summed E-state index contributed by atoms with van der Waals surface area (Å²) in [4.78, 5) is 4.38. The lowest BCUT2D eigenvalue weighted by atomic mass is 10.2. The van der Waals surface area contributed by atoms with Crippen molar-refractivity contribution in [2.24, 2.45) is 0 Å². The van der Waals surface area contributed by atoms with E-state index in [9.17, 15) is 12.8 Å².